The Labute approximate surface area is 188 Å². The van der Waals surface area contributed by atoms with Gasteiger partial charge in [0, 0.05) is 30.7 Å². The average Bonchev–Trinajstić information content (AvgIpc) is 2.73. The van der Waals surface area contributed by atoms with Gasteiger partial charge in [0.2, 0.25) is 5.91 Å². The highest BCUT2D eigenvalue weighted by Gasteiger charge is 2.26. The van der Waals surface area contributed by atoms with Crippen molar-refractivity contribution in [1.82, 2.24) is 10.3 Å². The van der Waals surface area contributed by atoms with Crippen LogP contribution in [-0.4, -0.2) is 36.6 Å². The number of halogens is 2. The van der Waals surface area contributed by atoms with E-state index in [1.807, 2.05) is 0 Å². The monoisotopic (exact) mass is 463 g/mol. The molecule has 0 aliphatic heterocycles. The quantitative estimate of drug-likeness (QED) is 0.306. The Morgan fingerprint density at radius 2 is 1.84 bits per heavy atom. The third-order valence-corrected chi connectivity index (χ3v) is 5.31. The van der Waals surface area contributed by atoms with Crippen LogP contribution >= 0.6 is 23.2 Å². The summed E-state index contributed by atoms with van der Waals surface area (Å²) in [5.41, 5.74) is 1.59. The van der Waals surface area contributed by atoms with Gasteiger partial charge in [0.05, 0.1) is 35.1 Å². The molecule has 1 amide bonds. The number of ether oxygens (including phenoxy) is 2. The number of pyridine rings is 1. The molecular weight excluding hydrogens is 445 g/mol. The van der Waals surface area contributed by atoms with Crippen molar-refractivity contribution in [2.45, 2.75) is 13.3 Å². The number of hydrogen-bond donors (Lipinski definition) is 1. The second-order valence-corrected chi connectivity index (χ2v) is 7.35. The van der Waals surface area contributed by atoms with E-state index in [0.29, 0.717) is 46.3 Å². The highest BCUT2D eigenvalue weighted by Crippen LogP contribution is 2.48. The van der Waals surface area contributed by atoms with E-state index in [4.69, 9.17) is 32.7 Å². The van der Waals surface area contributed by atoms with E-state index in [0.717, 1.165) is 0 Å². The number of hydrogen-bond acceptors (Lipinski definition) is 6. The van der Waals surface area contributed by atoms with Crippen molar-refractivity contribution in [1.29, 1.82) is 0 Å². The van der Waals surface area contributed by atoms with Gasteiger partial charge in [0.1, 0.15) is 16.4 Å². The molecule has 1 heterocycles. The number of para-hydroxylation sites is 1. The summed E-state index contributed by atoms with van der Waals surface area (Å²) in [7, 11) is 2.91. The average molecular weight is 464 g/mol. The van der Waals surface area contributed by atoms with E-state index in [1.54, 1.807) is 24.3 Å². The number of benzene rings is 2. The number of amides is 1. The molecule has 0 bridgehead atoms. The van der Waals surface area contributed by atoms with Crippen molar-refractivity contribution >= 4 is 45.7 Å². The summed E-state index contributed by atoms with van der Waals surface area (Å²) >= 11 is 12.9. The van der Waals surface area contributed by atoms with Crippen LogP contribution < -0.4 is 14.8 Å². The Hall–Kier alpha value is -3.10. The first-order chi connectivity index (χ1) is 14.8. The van der Waals surface area contributed by atoms with Gasteiger partial charge in [-0.2, -0.15) is 0 Å². The molecule has 0 saturated carbocycles. The van der Waals surface area contributed by atoms with Crippen LogP contribution in [0.1, 0.15) is 12.5 Å². The molecule has 2 aromatic carbocycles. The number of nitrogens with one attached hydrogen (secondary N) is 1. The predicted octanol–water partition coefficient (Wildman–Crippen LogP) is 4.81. The van der Waals surface area contributed by atoms with Crippen LogP contribution in [0.25, 0.3) is 22.0 Å². The van der Waals surface area contributed by atoms with Crippen molar-refractivity contribution in [2.75, 3.05) is 20.8 Å². The minimum atomic E-state index is -0.465. The highest BCUT2D eigenvalue weighted by atomic mass is 35.5. The van der Waals surface area contributed by atoms with Gasteiger partial charge in [-0.3, -0.25) is 14.9 Å². The van der Waals surface area contributed by atoms with E-state index in [2.05, 4.69) is 10.3 Å². The number of nitrogens with zero attached hydrogens (tertiary/aromatic N) is 2. The molecule has 10 heteroatoms. The minimum absolute atomic E-state index is 0.0955. The zero-order valence-electron chi connectivity index (χ0n) is 17.0. The summed E-state index contributed by atoms with van der Waals surface area (Å²) in [4.78, 5) is 26.9. The summed E-state index contributed by atoms with van der Waals surface area (Å²) in [6.45, 7) is 1.72. The summed E-state index contributed by atoms with van der Waals surface area (Å²) in [6, 6.07) is 7.85. The van der Waals surface area contributed by atoms with Gasteiger partial charge >= 0.3 is 0 Å². The lowest BCUT2D eigenvalue weighted by Crippen LogP contribution is -2.22. The Bertz CT molecular complexity index is 1180. The normalized spacial score (nSPS) is 10.7. The van der Waals surface area contributed by atoms with Crippen LogP contribution in [0.15, 0.2) is 30.3 Å². The third kappa shape index (κ3) is 4.35. The molecule has 1 N–H and O–H groups in total. The molecular formula is C21H19Cl2N3O5. The van der Waals surface area contributed by atoms with Crippen LogP contribution in [0.4, 0.5) is 5.69 Å². The fourth-order valence-corrected chi connectivity index (χ4v) is 4.01. The second kappa shape index (κ2) is 9.36. The molecule has 3 rings (SSSR count). The number of methoxy groups -OCH3 is 2. The van der Waals surface area contributed by atoms with Gasteiger partial charge in [0.25, 0.3) is 5.69 Å². The number of rotatable bonds is 7. The number of nitro benzene ring substituents is 1. The van der Waals surface area contributed by atoms with E-state index in [1.165, 1.54) is 27.2 Å². The van der Waals surface area contributed by atoms with Crippen LogP contribution in [0.3, 0.4) is 0 Å². The van der Waals surface area contributed by atoms with E-state index in [9.17, 15) is 14.9 Å². The summed E-state index contributed by atoms with van der Waals surface area (Å²) in [6.07, 6.45) is 0.340. The first kappa shape index (κ1) is 22.6. The number of nitro groups is 1. The highest BCUT2D eigenvalue weighted by molar-refractivity contribution is 6.35. The number of aromatic nitrogens is 1. The molecule has 3 aromatic rings. The fraction of sp³-hybridized carbons (Fsp3) is 0.238. The Morgan fingerprint density at radius 1 is 1.16 bits per heavy atom. The van der Waals surface area contributed by atoms with E-state index < -0.39 is 4.92 Å². The summed E-state index contributed by atoms with van der Waals surface area (Å²) < 4.78 is 11.2. The molecule has 162 valence electrons. The lowest BCUT2D eigenvalue weighted by Gasteiger charge is -2.19. The first-order valence-electron chi connectivity index (χ1n) is 9.20. The van der Waals surface area contributed by atoms with Crippen molar-refractivity contribution in [3.63, 3.8) is 0 Å². The number of fused-ring (bicyclic) bond motifs is 1. The molecule has 0 fully saturated rings. The number of carbonyl (C=O) groups excluding carboxylic acids is 1. The van der Waals surface area contributed by atoms with Gasteiger partial charge in [-0.25, -0.2) is 4.98 Å². The molecule has 0 spiro atoms. The predicted molar refractivity (Wildman–Crippen MR) is 119 cm³/mol. The van der Waals surface area contributed by atoms with Crippen LogP contribution in [0.5, 0.6) is 11.5 Å². The van der Waals surface area contributed by atoms with Crippen molar-refractivity contribution < 1.29 is 19.2 Å². The van der Waals surface area contributed by atoms with Crippen LogP contribution in [0, 0.1) is 10.1 Å². The molecule has 1 aromatic heterocycles. The molecule has 0 saturated heterocycles. The maximum absolute atomic E-state index is 11.7. The molecule has 8 nitrogen and oxygen atoms in total. The third-order valence-electron chi connectivity index (χ3n) is 4.72. The Morgan fingerprint density at radius 3 is 2.45 bits per heavy atom. The fourth-order valence-electron chi connectivity index (χ4n) is 3.47. The lowest BCUT2D eigenvalue weighted by atomic mass is 9.96. The van der Waals surface area contributed by atoms with E-state index in [-0.39, 0.29) is 27.5 Å². The van der Waals surface area contributed by atoms with Gasteiger partial charge in [-0.05, 0) is 18.6 Å². The topological polar surface area (TPSA) is 104 Å². The zero-order valence-corrected chi connectivity index (χ0v) is 18.5. The Kier molecular flexibility index (Phi) is 6.82. The van der Waals surface area contributed by atoms with Crippen LogP contribution in [0.2, 0.25) is 10.2 Å². The van der Waals surface area contributed by atoms with Crippen molar-refractivity contribution in [3.8, 4) is 22.6 Å². The molecule has 0 unspecified atom stereocenters. The molecule has 31 heavy (non-hydrogen) atoms. The maximum Gasteiger partial charge on any atom is 0.277 e. The van der Waals surface area contributed by atoms with Gasteiger partial charge in [0.15, 0.2) is 5.75 Å². The molecule has 0 aliphatic carbocycles. The van der Waals surface area contributed by atoms with Gasteiger partial charge in [-0.1, -0.05) is 35.3 Å². The molecule has 0 atom stereocenters. The maximum atomic E-state index is 11.7. The Balaban J connectivity index is 2.42. The van der Waals surface area contributed by atoms with Crippen LogP contribution in [-0.2, 0) is 11.2 Å². The summed E-state index contributed by atoms with van der Waals surface area (Å²) in [5, 5.41) is 15.2. The van der Waals surface area contributed by atoms with E-state index >= 15 is 0 Å². The van der Waals surface area contributed by atoms with Gasteiger partial charge in [-0.15, -0.1) is 0 Å². The number of carbonyl (C=O) groups is 1. The summed E-state index contributed by atoms with van der Waals surface area (Å²) in [5.74, 6) is 0.456. The molecule has 0 aliphatic rings. The minimum Gasteiger partial charge on any atom is -0.496 e. The zero-order chi connectivity index (χ0) is 22.7. The van der Waals surface area contributed by atoms with Gasteiger partial charge < -0.3 is 14.8 Å². The second-order valence-electron chi connectivity index (χ2n) is 6.58. The first-order valence-corrected chi connectivity index (χ1v) is 9.96. The SMILES string of the molecule is COc1c(Cl)c(CCNC(C)=O)c(OC)c2c(-c3ccccc3[N+](=O)[O-])cc(Cl)nc12. The van der Waals surface area contributed by atoms with Crippen molar-refractivity contribution in [3.05, 3.63) is 56.2 Å². The smallest absolute Gasteiger partial charge is 0.277 e. The largest absolute Gasteiger partial charge is 0.496 e. The van der Waals surface area contributed by atoms with Crippen molar-refractivity contribution in [2.24, 2.45) is 0 Å². The standard InChI is InChI=1S/C21H19Cl2N3O5/c1-11(27)24-9-8-13-18(23)21(31-3)19-17(20(13)30-2)14(10-16(22)25-19)12-6-4-5-7-15(12)26(28)29/h4-7,10H,8-9H2,1-3H3,(H,24,27). The lowest BCUT2D eigenvalue weighted by molar-refractivity contribution is -0.384. The molecule has 0 radical (unpaired) electrons.